The van der Waals surface area contributed by atoms with Crippen molar-refractivity contribution in [3.63, 3.8) is 0 Å². The number of ether oxygens (including phenoxy) is 1. The van der Waals surface area contributed by atoms with Crippen LogP contribution in [0.2, 0.25) is 0 Å². The molecule has 0 aromatic heterocycles. The Hall–Kier alpha value is -2.43. The summed E-state index contributed by atoms with van der Waals surface area (Å²) in [5.74, 6) is -0.732. The van der Waals surface area contributed by atoms with Gasteiger partial charge in [0.1, 0.15) is 0 Å². The Bertz CT molecular complexity index is 751. The van der Waals surface area contributed by atoms with E-state index in [1.165, 1.54) is 52.0 Å². The molecule has 0 unspecified atom stereocenters. The first-order valence-corrected chi connectivity index (χ1v) is 10.9. The zero-order valence-electron chi connectivity index (χ0n) is 17.7. The van der Waals surface area contributed by atoms with Gasteiger partial charge in [0, 0.05) is 23.7 Å². The second-order valence-corrected chi connectivity index (χ2v) is 7.58. The number of alkyl carbamates (subject to hydrolysis) is 1. The molecule has 5 nitrogen and oxygen atoms in total. The highest BCUT2D eigenvalue weighted by Gasteiger charge is 2.34. The molecule has 0 atom stereocenters. The highest BCUT2D eigenvalue weighted by Crippen LogP contribution is 2.30. The molecule has 0 aliphatic heterocycles. The molecule has 29 heavy (non-hydrogen) atoms. The van der Waals surface area contributed by atoms with Crippen LogP contribution in [0.4, 0.5) is 4.79 Å². The summed E-state index contributed by atoms with van der Waals surface area (Å²) in [6.45, 7) is 2.23. The van der Waals surface area contributed by atoms with Gasteiger partial charge in [-0.1, -0.05) is 89.0 Å². The van der Waals surface area contributed by atoms with Gasteiger partial charge in [0.25, 0.3) is 0 Å². The van der Waals surface area contributed by atoms with E-state index < -0.39 is 11.9 Å². The van der Waals surface area contributed by atoms with Crippen molar-refractivity contribution in [1.29, 1.82) is 0 Å². The highest BCUT2D eigenvalue weighted by molar-refractivity contribution is 6.26. The second kappa shape index (κ2) is 12.2. The van der Waals surface area contributed by atoms with Crippen LogP contribution >= 0.6 is 0 Å². The predicted molar refractivity (Wildman–Crippen MR) is 114 cm³/mol. The molecular weight excluding hydrogens is 366 g/mol. The summed E-state index contributed by atoms with van der Waals surface area (Å²) in [6, 6.07) is 6.70. The SMILES string of the molecule is CCCCCCCCCCCCC1=C(OC(=O)NC)C(=O)c2ccccc2C1=O. The van der Waals surface area contributed by atoms with Crippen LogP contribution in [-0.2, 0) is 4.74 Å². The monoisotopic (exact) mass is 399 g/mol. The van der Waals surface area contributed by atoms with E-state index in [0.717, 1.165) is 19.3 Å². The Morgan fingerprint density at radius 3 is 1.90 bits per heavy atom. The molecular formula is C24H33NO4. The molecule has 0 spiro atoms. The van der Waals surface area contributed by atoms with Crippen LogP contribution < -0.4 is 5.32 Å². The van der Waals surface area contributed by atoms with Gasteiger partial charge in [-0.25, -0.2) is 4.79 Å². The van der Waals surface area contributed by atoms with E-state index in [0.29, 0.717) is 23.1 Å². The van der Waals surface area contributed by atoms with E-state index in [2.05, 4.69) is 12.2 Å². The second-order valence-electron chi connectivity index (χ2n) is 7.58. The van der Waals surface area contributed by atoms with Crippen molar-refractivity contribution < 1.29 is 19.1 Å². The molecule has 1 amide bonds. The smallest absolute Gasteiger partial charge is 0.406 e. The Kier molecular flexibility index (Phi) is 9.62. The van der Waals surface area contributed by atoms with E-state index in [9.17, 15) is 14.4 Å². The first kappa shape index (κ1) is 22.9. The topological polar surface area (TPSA) is 72.5 Å². The summed E-state index contributed by atoms with van der Waals surface area (Å²) < 4.78 is 5.19. The number of unbranched alkanes of at least 4 members (excludes halogenated alkanes) is 9. The van der Waals surface area contributed by atoms with Crippen molar-refractivity contribution in [3.05, 3.63) is 46.7 Å². The van der Waals surface area contributed by atoms with Crippen LogP contribution in [0.25, 0.3) is 0 Å². The maximum atomic E-state index is 12.9. The van der Waals surface area contributed by atoms with Crippen LogP contribution in [0.3, 0.4) is 0 Å². The molecule has 0 fully saturated rings. The quantitative estimate of drug-likeness (QED) is 0.438. The van der Waals surface area contributed by atoms with Crippen molar-refractivity contribution >= 4 is 17.7 Å². The van der Waals surface area contributed by atoms with Gasteiger partial charge in [-0.05, 0) is 12.8 Å². The summed E-state index contributed by atoms with van der Waals surface area (Å²) in [4.78, 5) is 37.4. The number of Topliss-reactive ketones (excluding diaryl/α,β-unsaturated/α-hetero) is 2. The van der Waals surface area contributed by atoms with Gasteiger partial charge in [-0.15, -0.1) is 0 Å². The predicted octanol–water partition coefficient (Wildman–Crippen LogP) is 5.99. The summed E-state index contributed by atoms with van der Waals surface area (Å²) in [5, 5.41) is 2.34. The first-order chi connectivity index (χ1) is 14.1. The lowest BCUT2D eigenvalue weighted by Crippen LogP contribution is -2.28. The van der Waals surface area contributed by atoms with Crippen molar-refractivity contribution in [2.24, 2.45) is 0 Å². The number of hydrogen-bond donors (Lipinski definition) is 1. The molecule has 0 heterocycles. The molecule has 1 aliphatic rings. The number of amides is 1. The fraction of sp³-hybridized carbons (Fsp3) is 0.542. The lowest BCUT2D eigenvalue weighted by molar-refractivity contribution is 0.0902. The number of benzene rings is 1. The number of ketones is 2. The van der Waals surface area contributed by atoms with Crippen LogP contribution in [-0.4, -0.2) is 24.7 Å². The average molecular weight is 400 g/mol. The number of rotatable bonds is 12. The van der Waals surface area contributed by atoms with Gasteiger partial charge in [0.2, 0.25) is 5.78 Å². The third-order valence-electron chi connectivity index (χ3n) is 5.35. The minimum absolute atomic E-state index is 0.121. The number of nitrogens with one attached hydrogen (secondary N) is 1. The fourth-order valence-corrected chi connectivity index (χ4v) is 3.67. The Labute approximate surface area is 173 Å². The van der Waals surface area contributed by atoms with Gasteiger partial charge < -0.3 is 10.1 Å². The van der Waals surface area contributed by atoms with Crippen molar-refractivity contribution in [2.45, 2.75) is 77.6 Å². The molecule has 0 radical (unpaired) electrons. The molecule has 158 valence electrons. The Morgan fingerprint density at radius 1 is 0.828 bits per heavy atom. The van der Waals surface area contributed by atoms with Crippen molar-refractivity contribution in [1.82, 2.24) is 5.32 Å². The van der Waals surface area contributed by atoms with Gasteiger partial charge in [-0.3, -0.25) is 9.59 Å². The number of carbonyl (C=O) groups is 3. The molecule has 1 aromatic carbocycles. The van der Waals surface area contributed by atoms with Gasteiger partial charge in [0.05, 0.1) is 0 Å². The summed E-state index contributed by atoms with van der Waals surface area (Å²) in [5.41, 5.74) is 1.00. The Morgan fingerprint density at radius 2 is 1.34 bits per heavy atom. The molecule has 1 aromatic rings. The molecule has 0 bridgehead atoms. The zero-order valence-corrected chi connectivity index (χ0v) is 17.7. The summed E-state index contributed by atoms with van der Waals surface area (Å²) >= 11 is 0. The van der Waals surface area contributed by atoms with Crippen LogP contribution in [0, 0.1) is 0 Å². The van der Waals surface area contributed by atoms with Gasteiger partial charge in [0.15, 0.2) is 11.5 Å². The maximum Gasteiger partial charge on any atom is 0.412 e. The number of fused-ring (bicyclic) bond motifs is 1. The van der Waals surface area contributed by atoms with Crippen LogP contribution in [0.1, 0.15) is 98.3 Å². The first-order valence-electron chi connectivity index (χ1n) is 10.9. The number of hydrogen-bond acceptors (Lipinski definition) is 4. The maximum absolute atomic E-state index is 12.9. The van der Waals surface area contributed by atoms with E-state index in [4.69, 9.17) is 4.74 Å². The van der Waals surface area contributed by atoms with Gasteiger partial charge >= 0.3 is 6.09 Å². The van der Waals surface area contributed by atoms with E-state index in [-0.39, 0.29) is 11.5 Å². The largest absolute Gasteiger partial charge is 0.412 e. The van der Waals surface area contributed by atoms with E-state index >= 15 is 0 Å². The highest BCUT2D eigenvalue weighted by atomic mass is 16.6. The minimum atomic E-state index is -0.735. The zero-order chi connectivity index (χ0) is 21.1. The summed E-state index contributed by atoms with van der Waals surface area (Å²) in [6.07, 6.45) is 11.6. The fourth-order valence-electron chi connectivity index (χ4n) is 3.67. The van der Waals surface area contributed by atoms with Gasteiger partial charge in [-0.2, -0.15) is 0 Å². The van der Waals surface area contributed by atoms with Crippen molar-refractivity contribution in [2.75, 3.05) is 7.05 Å². The van der Waals surface area contributed by atoms with E-state index in [1.807, 2.05) is 0 Å². The molecule has 1 aliphatic carbocycles. The van der Waals surface area contributed by atoms with Crippen LogP contribution in [0.5, 0.6) is 0 Å². The van der Waals surface area contributed by atoms with E-state index in [1.54, 1.807) is 24.3 Å². The number of allylic oxidation sites excluding steroid dienone is 2. The lowest BCUT2D eigenvalue weighted by Gasteiger charge is -2.20. The third-order valence-corrected chi connectivity index (χ3v) is 5.35. The molecule has 1 N–H and O–H groups in total. The van der Waals surface area contributed by atoms with Crippen LogP contribution in [0.15, 0.2) is 35.6 Å². The molecule has 0 saturated carbocycles. The number of carbonyl (C=O) groups excluding carboxylic acids is 3. The average Bonchev–Trinajstić information content (AvgIpc) is 2.74. The normalized spacial score (nSPS) is 13.4. The standard InChI is InChI=1S/C24H33NO4/c1-3-4-5-6-7-8-9-10-11-12-17-20-21(26)18-15-13-14-16-19(18)22(27)23(20)29-24(28)25-2/h13-16H,3-12,17H2,1-2H3,(H,25,28). The van der Waals surface area contributed by atoms with Crippen molar-refractivity contribution in [3.8, 4) is 0 Å². The molecule has 2 rings (SSSR count). The minimum Gasteiger partial charge on any atom is -0.406 e. The third kappa shape index (κ3) is 6.55. The summed E-state index contributed by atoms with van der Waals surface area (Å²) in [7, 11) is 1.42. The molecule has 0 saturated heterocycles. The molecule has 5 heteroatoms. The Balaban J connectivity index is 1.91. The lowest BCUT2D eigenvalue weighted by atomic mass is 9.86.